The second-order valence-corrected chi connectivity index (χ2v) is 8.19. The van der Waals surface area contributed by atoms with Gasteiger partial charge in [-0.2, -0.15) is 0 Å². The zero-order valence-corrected chi connectivity index (χ0v) is 17.4. The van der Waals surface area contributed by atoms with E-state index in [-0.39, 0.29) is 28.8 Å². The second-order valence-electron chi connectivity index (χ2n) is 8.19. The Bertz CT molecular complexity index is 992. The number of methoxy groups -OCH3 is 1. The van der Waals surface area contributed by atoms with E-state index in [0.29, 0.717) is 5.92 Å². The third kappa shape index (κ3) is 3.82. The molecule has 1 aromatic heterocycles. The fourth-order valence-corrected chi connectivity index (χ4v) is 4.46. The Labute approximate surface area is 179 Å². The van der Waals surface area contributed by atoms with E-state index in [0.717, 1.165) is 31.2 Å². The molecule has 2 N–H and O–H groups in total. The molecule has 1 heterocycles. The highest BCUT2D eigenvalue weighted by Crippen LogP contribution is 2.59. The highest BCUT2D eigenvalue weighted by molar-refractivity contribution is 5.97. The third-order valence-electron chi connectivity index (χ3n) is 6.36. The summed E-state index contributed by atoms with van der Waals surface area (Å²) in [6, 6.07) is 6.91. The topological polar surface area (TPSA) is 97.8 Å². The van der Waals surface area contributed by atoms with Crippen LogP contribution in [0.15, 0.2) is 36.5 Å². The lowest BCUT2D eigenvalue weighted by Gasteiger charge is -2.50. The van der Waals surface area contributed by atoms with Gasteiger partial charge in [0.15, 0.2) is 17.2 Å². The number of hydrogen-bond acceptors (Lipinski definition) is 6. The molecule has 1 amide bonds. The number of nitrogens with one attached hydrogen (secondary N) is 1. The summed E-state index contributed by atoms with van der Waals surface area (Å²) in [5.41, 5.74) is 0.462. The van der Waals surface area contributed by atoms with Crippen LogP contribution in [-0.4, -0.2) is 41.2 Å². The molecule has 2 aliphatic rings. The van der Waals surface area contributed by atoms with Crippen LogP contribution in [0, 0.1) is 11.7 Å². The van der Waals surface area contributed by atoms with Gasteiger partial charge in [-0.1, -0.05) is 12.1 Å². The fraction of sp³-hybridized carbons (Fsp3) is 0.435. The van der Waals surface area contributed by atoms with Crippen molar-refractivity contribution in [3.05, 3.63) is 53.6 Å². The van der Waals surface area contributed by atoms with Gasteiger partial charge < -0.3 is 19.9 Å². The Morgan fingerprint density at radius 1 is 1.23 bits per heavy atom. The molecule has 8 heteroatoms. The molecular formula is C23H25FN2O5. The van der Waals surface area contributed by atoms with Gasteiger partial charge in [0.25, 0.3) is 5.91 Å². The standard InChI is InChI=1S/C23H25FN2O5/c1-13(26-21(28)19-20(27)17(30-2)10-12-25-19)22(29)31-18-9-11-23(18,14-3-4-14)15-5-7-16(24)8-6-15/h5-8,10,12-14,18,27H,3-4,9,11H2,1-2H3,(H,26,28)/t13-,18?,23?/m0/s1. The first-order valence-electron chi connectivity index (χ1n) is 10.4. The van der Waals surface area contributed by atoms with Crippen molar-refractivity contribution in [2.75, 3.05) is 7.11 Å². The predicted molar refractivity (Wildman–Crippen MR) is 109 cm³/mol. The minimum Gasteiger partial charge on any atom is -0.503 e. The van der Waals surface area contributed by atoms with E-state index in [1.165, 1.54) is 38.4 Å². The van der Waals surface area contributed by atoms with E-state index < -0.39 is 23.7 Å². The summed E-state index contributed by atoms with van der Waals surface area (Å²) >= 11 is 0. The number of halogens is 1. The number of ether oxygens (including phenoxy) is 2. The number of nitrogens with zero attached hydrogens (tertiary/aromatic N) is 1. The number of amides is 1. The molecule has 2 unspecified atom stereocenters. The highest BCUT2D eigenvalue weighted by atomic mass is 19.1. The maximum absolute atomic E-state index is 13.4. The SMILES string of the molecule is COc1ccnc(C(=O)N[C@@H](C)C(=O)OC2CCC2(c2ccc(F)cc2)C2CC2)c1O. The van der Waals surface area contributed by atoms with Crippen molar-refractivity contribution in [3.63, 3.8) is 0 Å². The van der Waals surface area contributed by atoms with Gasteiger partial charge in [0.05, 0.1) is 7.11 Å². The average Bonchev–Trinajstić information content (AvgIpc) is 3.58. The van der Waals surface area contributed by atoms with Gasteiger partial charge in [0, 0.05) is 17.7 Å². The van der Waals surface area contributed by atoms with E-state index in [1.54, 1.807) is 12.1 Å². The smallest absolute Gasteiger partial charge is 0.328 e. The Kier molecular flexibility index (Phi) is 5.56. The number of carbonyl (C=O) groups excluding carboxylic acids is 2. The maximum atomic E-state index is 13.4. The van der Waals surface area contributed by atoms with Crippen molar-refractivity contribution in [1.82, 2.24) is 10.3 Å². The van der Waals surface area contributed by atoms with Crippen LogP contribution in [0.5, 0.6) is 11.5 Å². The van der Waals surface area contributed by atoms with Gasteiger partial charge in [-0.25, -0.2) is 14.2 Å². The Hall–Kier alpha value is -3.16. The Balaban J connectivity index is 1.44. The molecule has 0 saturated heterocycles. The van der Waals surface area contributed by atoms with Crippen molar-refractivity contribution in [2.24, 2.45) is 5.92 Å². The summed E-state index contributed by atoms with van der Waals surface area (Å²) in [5, 5.41) is 12.6. The first kappa shape index (κ1) is 21.1. The molecule has 2 aromatic rings. The molecule has 0 bridgehead atoms. The van der Waals surface area contributed by atoms with E-state index in [1.807, 2.05) is 0 Å². The lowest BCUT2D eigenvalue weighted by molar-refractivity contribution is -0.164. The van der Waals surface area contributed by atoms with E-state index in [2.05, 4.69) is 10.3 Å². The molecule has 2 aliphatic carbocycles. The van der Waals surface area contributed by atoms with E-state index in [4.69, 9.17) is 9.47 Å². The van der Waals surface area contributed by atoms with Gasteiger partial charge in [-0.15, -0.1) is 0 Å². The molecule has 0 aliphatic heterocycles. The van der Waals surface area contributed by atoms with Crippen molar-refractivity contribution in [2.45, 2.75) is 50.2 Å². The van der Waals surface area contributed by atoms with Gasteiger partial charge >= 0.3 is 5.97 Å². The number of rotatable bonds is 7. The number of aromatic hydroxyl groups is 1. The number of carbonyl (C=O) groups is 2. The molecule has 31 heavy (non-hydrogen) atoms. The molecule has 7 nitrogen and oxygen atoms in total. The molecule has 1 aromatic carbocycles. The molecule has 164 valence electrons. The molecular weight excluding hydrogens is 403 g/mol. The van der Waals surface area contributed by atoms with Crippen LogP contribution in [-0.2, 0) is 14.9 Å². The average molecular weight is 428 g/mol. The van der Waals surface area contributed by atoms with Gasteiger partial charge in [-0.05, 0) is 56.2 Å². The first-order valence-corrected chi connectivity index (χ1v) is 10.4. The van der Waals surface area contributed by atoms with E-state index in [9.17, 15) is 19.1 Å². The Morgan fingerprint density at radius 3 is 2.52 bits per heavy atom. The second kappa shape index (κ2) is 8.17. The normalized spacial score (nSPS) is 23.4. The molecule has 3 atom stereocenters. The fourth-order valence-electron chi connectivity index (χ4n) is 4.46. The number of benzene rings is 1. The Morgan fingerprint density at radius 2 is 1.94 bits per heavy atom. The van der Waals surface area contributed by atoms with Crippen molar-refractivity contribution >= 4 is 11.9 Å². The van der Waals surface area contributed by atoms with Gasteiger partial charge in [0.2, 0.25) is 0 Å². The largest absolute Gasteiger partial charge is 0.503 e. The molecule has 0 radical (unpaired) electrons. The minimum atomic E-state index is -0.939. The summed E-state index contributed by atoms with van der Waals surface area (Å²) < 4.78 is 24.2. The lowest BCUT2D eigenvalue weighted by Crippen LogP contribution is -2.54. The van der Waals surface area contributed by atoms with Crippen LogP contribution in [0.2, 0.25) is 0 Å². The van der Waals surface area contributed by atoms with Crippen molar-refractivity contribution < 1.29 is 28.6 Å². The van der Waals surface area contributed by atoms with Crippen LogP contribution in [0.1, 0.15) is 48.7 Å². The van der Waals surface area contributed by atoms with Crippen LogP contribution in [0.25, 0.3) is 0 Å². The third-order valence-corrected chi connectivity index (χ3v) is 6.36. The molecule has 2 fully saturated rings. The van der Waals surface area contributed by atoms with Crippen LogP contribution >= 0.6 is 0 Å². The number of hydrogen-bond donors (Lipinski definition) is 2. The molecule has 4 rings (SSSR count). The van der Waals surface area contributed by atoms with Crippen molar-refractivity contribution in [3.8, 4) is 11.5 Å². The van der Waals surface area contributed by atoms with Gasteiger partial charge in [0.1, 0.15) is 18.0 Å². The summed E-state index contributed by atoms with van der Waals surface area (Å²) in [6.07, 6.45) is 4.72. The zero-order chi connectivity index (χ0) is 22.2. The van der Waals surface area contributed by atoms with Crippen LogP contribution < -0.4 is 10.1 Å². The first-order chi connectivity index (χ1) is 14.9. The maximum Gasteiger partial charge on any atom is 0.328 e. The number of esters is 1. The summed E-state index contributed by atoms with van der Waals surface area (Å²) in [6.45, 7) is 1.52. The summed E-state index contributed by atoms with van der Waals surface area (Å²) in [4.78, 5) is 29.1. The predicted octanol–water partition coefficient (Wildman–Crippen LogP) is 3.11. The quantitative estimate of drug-likeness (QED) is 0.658. The van der Waals surface area contributed by atoms with Gasteiger partial charge in [-0.3, -0.25) is 4.79 Å². The van der Waals surface area contributed by atoms with Crippen LogP contribution in [0.3, 0.4) is 0 Å². The molecule has 2 saturated carbocycles. The highest BCUT2D eigenvalue weighted by Gasteiger charge is 2.58. The van der Waals surface area contributed by atoms with Crippen LogP contribution in [0.4, 0.5) is 4.39 Å². The van der Waals surface area contributed by atoms with E-state index >= 15 is 0 Å². The summed E-state index contributed by atoms with van der Waals surface area (Å²) in [7, 11) is 1.36. The van der Waals surface area contributed by atoms with Crippen molar-refractivity contribution in [1.29, 1.82) is 0 Å². The summed E-state index contributed by atoms with van der Waals surface area (Å²) in [5.74, 6) is -1.45. The zero-order valence-electron chi connectivity index (χ0n) is 17.4. The number of pyridine rings is 1. The molecule has 0 spiro atoms. The minimum absolute atomic E-state index is 0.110. The lowest BCUT2D eigenvalue weighted by atomic mass is 9.59. The number of aromatic nitrogens is 1. The monoisotopic (exact) mass is 428 g/mol.